The van der Waals surface area contributed by atoms with E-state index in [1.165, 1.54) is 15.5 Å². The highest BCUT2D eigenvalue weighted by Gasteiger charge is 2.31. The lowest BCUT2D eigenvalue weighted by Crippen LogP contribution is -2.46. The molecule has 1 aliphatic heterocycles. The number of rotatable bonds is 10. The van der Waals surface area contributed by atoms with Gasteiger partial charge in [-0.25, -0.2) is 13.4 Å². The Morgan fingerprint density at radius 1 is 1.33 bits per heavy atom. The van der Waals surface area contributed by atoms with E-state index in [0.717, 1.165) is 19.3 Å². The van der Waals surface area contributed by atoms with Crippen LogP contribution in [-0.4, -0.2) is 95.3 Å². The van der Waals surface area contributed by atoms with Crippen LogP contribution in [0, 0.1) is 0 Å². The fourth-order valence-electron chi connectivity index (χ4n) is 2.65. The van der Waals surface area contributed by atoms with Gasteiger partial charge in [-0.2, -0.15) is 4.31 Å². The van der Waals surface area contributed by atoms with Gasteiger partial charge in [0.15, 0.2) is 5.96 Å². The highest BCUT2D eigenvalue weighted by atomic mass is 127. The molecule has 0 aliphatic carbocycles. The van der Waals surface area contributed by atoms with E-state index in [1.54, 1.807) is 14.1 Å². The van der Waals surface area contributed by atoms with Crippen molar-refractivity contribution in [1.29, 1.82) is 0 Å². The van der Waals surface area contributed by atoms with Gasteiger partial charge < -0.3 is 20.3 Å². The highest BCUT2D eigenvalue weighted by molar-refractivity contribution is 14.0. The summed E-state index contributed by atoms with van der Waals surface area (Å²) >= 11 is 0. The third-order valence-corrected chi connectivity index (χ3v) is 5.42. The first-order chi connectivity index (χ1) is 12.3. The second-order valence-electron chi connectivity index (χ2n) is 6.48. The first kappa shape index (κ1) is 26.3. The summed E-state index contributed by atoms with van der Waals surface area (Å²) in [7, 11) is 0.159. The Kier molecular flexibility index (Phi) is 13.2. The second-order valence-corrected chi connectivity index (χ2v) is 8.42. The largest absolute Gasteiger partial charge is 0.382 e. The Bertz CT molecular complexity index is 571. The number of ether oxygens (including phenoxy) is 1. The van der Waals surface area contributed by atoms with Crippen molar-refractivity contribution in [2.75, 3.05) is 59.7 Å². The molecule has 0 spiro atoms. The lowest BCUT2D eigenvalue weighted by atomic mass is 10.2. The molecule has 1 amide bonds. The number of amides is 1. The topological polar surface area (TPSA) is 103 Å². The van der Waals surface area contributed by atoms with Crippen molar-refractivity contribution >= 4 is 45.9 Å². The van der Waals surface area contributed by atoms with Gasteiger partial charge in [-0.3, -0.25) is 4.79 Å². The molecule has 2 N–H and O–H groups in total. The van der Waals surface area contributed by atoms with Crippen molar-refractivity contribution in [1.82, 2.24) is 19.8 Å². The van der Waals surface area contributed by atoms with Gasteiger partial charge in [0.05, 0.1) is 6.26 Å². The number of sulfonamides is 1. The van der Waals surface area contributed by atoms with Gasteiger partial charge in [0.25, 0.3) is 0 Å². The number of carbonyl (C=O) groups excluding carboxylic acids is 1. The summed E-state index contributed by atoms with van der Waals surface area (Å²) in [6, 6.07) is -0.0926. The Balaban J connectivity index is 0.00000676. The molecule has 27 heavy (non-hydrogen) atoms. The summed E-state index contributed by atoms with van der Waals surface area (Å²) in [5.41, 5.74) is 0. The molecular weight excluding hydrogens is 485 g/mol. The van der Waals surface area contributed by atoms with Crippen molar-refractivity contribution in [2.24, 2.45) is 4.99 Å². The summed E-state index contributed by atoms with van der Waals surface area (Å²) in [6.45, 7) is 4.98. The first-order valence-electron chi connectivity index (χ1n) is 9.02. The molecule has 0 unspecified atom stereocenters. The van der Waals surface area contributed by atoms with Crippen LogP contribution in [0.25, 0.3) is 0 Å². The van der Waals surface area contributed by atoms with Crippen LogP contribution in [0.5, 0.6) is 0 Å². The quantitative estimate of drug-likeness (QED) is 0.184. The third-order valence-electron chi connectivity index (χ3n) is 4.09. The van der Waals surface area contributed by atoms with Crippen LogP contribution in [0.15, 0.2) is 4.99 Å². The molecule has 1 rings (SSSR count). The smallest absolute Gasteiger partial charge is 0.243 e. The molecule has 1 heterocycles. The number of guanidine groups is 1. The summed E-state index contributed by atoms with van der Waals surface area (Å²) < 4.78 is 30.5. The predicted octanol–water partition coefficient (Wildman–Crippen LogP) is 0.0784. The molecule has 11 heteroatoms. The Morgan fingerprint density at radius 3 is 2.63 bits per heavy atom. The van der Waals surface area contributed by atoms with Gasteiger partial charge in [-0.05, 0) is 26.2 Å². The number of halogens is 1. The van der Waals surface area contributed by atoms with Crippen LogP contribution in [-0.2, 0) is 19.6 Å². The van der Waals surface area contributed by atoms with Crippen molar-refractivity contribution in [3.8, 4) is 0 Å². The summed E-state index contributed by atoms with van der Waals surface area (Å²) in [5, 5.41) is 6.34. The van der Waals surface area contributed by atoms with Gasteiger partial charge in [-0.15, -0.1) is 24.0 Å². The van der Waals surface area contributed by atoms with E-state index >= 15 is 0 Å². The molecular formula is C16H34IN5O4S. The van der Waals surface area contributed by atoms with Gasteiger partial charge in [0, 0.05) is 53.0 Å². The van der Waals surface area contributed by atoms with E-state index in [2.05, 4.69) is 15.6 Å². The Morgan fingerprint density at radius 2 is 2.04 bits per heavy atom. The average Bonchev–Trinajstić information content (AvgIpc) is 3.04. The molecule has 0 bridgehead atoms. The molecule has 1 atom stereocenters. The van der Waals surface area contributed by atoms with Crippen LogP contribution in [0.3, 0.4) is 0 Å². The van der Waals surface area contributed by atoms with Crippen LogP contribution in [0.2, 0.25) is 0 Å². The van der Waals surface area contributed by atoms with E-state index in [-0.39, 0.29) is 42.5 Å². The van der Waals surface area contributed by atoms with Crippen molar-refractivity contribution in [2.45, 2.75) is 32.2 Å². The normalized spacial score (nSPS) is 18.1. The van der Waals surface area contributed by atoms with Gasteiger partial charge >= 0.3 is 0 Å². The highest BCUT2D eigenvalue weighted by Crippen LogP contribution is 2.19. The fraction of sp³-hybridized carbons (Fsp3) is 0.875. The lowest BCUT2D eigenvalue weighted by molar-refractivity contribution is -0.127. The van der Waals surface area contributed by atoms with Crippen LogP contribution in [0.4, 0.5) is 0 Å². The van der Waals surface area contributed by atoms with Crippen molar-refractivity contribution < 1.29 is 17.9 Å². The van der Waals surface area contributed by atoms with E-state index in [0.29, 0.717) is 38.8 Å². The minimum absolute atomic E-state index is 0. The Labute approximate surface area is 180 Å². The number of nitrogens with zero attached hydrogens (tertiary/aromatic N) is 3. The SMILES string of the molecule is CCOCCCNC(=NCC(=O)N(C)C)NC[C@H]1CCCN1S(C)(=O)=O.I. The molecule has 160 valence electrons. The summed E-state index contributed by atoms with van der Waals surface area (Å²) in [4.78, 5) is 17.6. The van der Waals surface area contributed by atoms with Crippen LogP contribution < -0.4 is 10.6 Å². The zero-order valence-corrected chi connectivity index (χ0v) is 19.9. The molecule has 0 aromatic rings. The number of aliphatic imine (C=N–C) groups is 1. The third kappa shape index (κ3) is 10.5. The minimum Gasteiger partial charge on any atom is -0.382 e. The van der Waals surface area contributed by atoms with E-state index < -0.39 is 10.0 Å². The average molecular weight is 519 g/mol. The summed E-state index contributed by atoms with van der Waals surface area (Å²) in [6.07, 6.45) is 3.72. The molecule has 0 aromatic heterocycles. The number of hydrogen-bond acceptors (Lipinski definition) is 5. The maximum atomic E-state index is 11.8. The molecule has 0 radical (unpaired) electrons. The van der Waals surface area contributed by atoms with Crippen LogP contribution >= 0.6 is 24.0 Å². The van der Waals surface area contributed by atoms with Crippen molar-refractivity contribution in [3.63, 3.8) is 0 Å². The second kappa shape index (κ2) is 13.5. The van der Waals surface area contributed by atoms with Gasteiger partial charge in [-0.1, -0.05) is 0 Å². The van der Waals surface area contributed by atoms with Crippen molar-refractivity contribution in [3.05, 3.63) is 0 Å². The van der Waals surface area contributed by atoms with E-state index in [4.69, 9.17) is 4.74 Å². The number of carbonyl (C=O) groups is 1. The molecule has 9 nitrogen and oxygen atoms in total. The van der Waals surface area contributed by atoms with Crippen LogP contribution in [0.1, 0.15) is 26.2 Å². The van der Waals surface area contributed by atoms with E-state index in [1.807, 2.05) is 6.92 Å². The maximum absolute atomic E-state index is 11.8. The van der Waals surface area contributed by atoms with Gasteiger partial charge in [0.2, 0.25) is 15.9 Å². The number of nitrogens with one attached hydrogen (secondary N) is 2. The Hall–Kier alpha value is -0.660. The van der Waals surface area contributed by atoms with E-state index in [9.17, 15) is 13.2 Å². The minimum atomic E-state index is -3.21. The molecule has 1 aliphatic rings. The fourth-order valence-corrected chi connectivity index (χ4v) is 3.83. The molecule has 1 fully saturated rings. The number of hydrogen-bond donors (Lipinski definition) is 2. The standard InChI is InChI=1S/C16H33N5O4S.HI/c1-5-25-11-7-9-17-16(19-13-15(22)20(2)3)18-12-14-8-6-10-21(14)26(4,23)24;/h14H,5-13H2,1-4H3,(H2,17,18,19);1H/t14-;/m1./s1. The molecule has 0 aromatic carbocycles. The zero-order chi connectivity index (χ0) is 19.6. The lowest BCUT2D eigenvalue weighted by Gasteiger charge is -2.23. The molecule has 1 saturated heterocycles. The number of likely N-dealkylation sites (N-methyl/N-ethyl adjacent to an activating group) is 1. The summed E-state index contributed by atoms with van der Waals surface area (Å²) in [5.74, 6) is 0.413. The van der Waals surface area contributed by atoms with Gasteiger partial charge in [0.1, 0.15) is 6.54 Å². The monoisotopic (exact) mass is 519 g/mol. The molecule has 0 saturated carbocycles. The predicted molar refractivity (Wildman–Crippen MR) is 118 cm³/mol. The first-order valence-corrected chi connectivity index (χ1v) is 10.9. The zero-order valence-electron chi connectivity index (χ0n) is 16.7. The maximum Gasteiger partial charge on any atom is 0.243 e.